The average molecular weight is 443 g/mol. The van der Waals surface area contributed by atoms with E-state index in [1.807, 2.05) is 59.4 Å². The maximum atomic E-state index is 12.7. The van der Waals surface area contributed by atoms with E-state index in [0.717, 1.165) is 46.1 Å². The van der Waals surface area contributed by atoms with Gasteiger partial charge in [0.2, 0.25) is 0 Å². The molecule has 0 unspecified atom stereocenters. The fourth-order valence-electron chi connectivity index (χ4n) is 4.26. The number of aryl methyl sites for hydroxylation is 1. The quantitative estimate of drug-likeness (QED) is 0.524. The third-order valence-electron chi connectivity index (χ3n) is 5.98. The number of amides is 1. The van der Waals surface area contributed by atoms with E-state index in [1.165, 1.54) is 31.0 Å². The molecule has 0 bridgehead atoms. The molecule has 0 atom stereocenters. The molecule has 1 amide bonds. The third-order valence-corrected chi connectivity index (χ3v) is 6.90. The van der Waals surface area contributed by atoms with Crippen LogP contribution in [-0.4, -0.2) is 26.9 Å². The Morgan fingerprint density at radius 2 is 1.81 bits per heavy atom. The molecule has 32 heavy (non-hydrogen) atoms. The number of para-hydroxylation sites is 1. The number of rotatable bonds is 4. The van der Waals surface area contributed by atoms with Crippen LogP contribution in [0.4, 0.5) is 0 Å². The lowest BCUT2D eigenvalue weighted by atomic mass is 9.96. The van der Waals surface area contributed by atoms with Gasteiger partial charge in [-0.2, -0.15) is 5.10 Å². The van der Waals surface area contributed by atoms with E-state index < -0.39 is 0 Å². The van der Waals surface area contributed by atoms with Crippen LogP contribution in [0.25, 0.3) is 23.0 Å². The van der Waals surface area contributed by atoms with E-state index in [1.54, 1.807) is 0 Å². The zero-order chi connectivity index (χ0) is 21.9. The molecule has 3 aromatic rings. The van der Waals surface area contributed by atoms with Crippen molar-refractivity contribution >= 4 is 28.9 Å². The second-order valence-electron chi connectivity index (χ2n) is 8.32. The number of hydrogen-bond donors (Lipinski definition) is 1. The van der Waals surface area contributed by atoms with Crippen LogP contribution in [-0.2, 0) is 4.79 Å². The van der Waals surface area contributed by atoms with Gasteiger partial charge in [-0.05, 0) is 55.3 Å². The molecule has 2 aromatic carbocycles. The number of aliphatic imine (C=N–C) groups is 1. The van der Waals surface area contributed by atoms with Crippen LogP contribution < -0.4 is 5.32 Å². The average Bonchev–Trinajstić information content (AvgIpc) is 3.39. The van der Waals surface area contributed by atoms with Gasteiger partial charge in [0.25, 0.3) is 5.91 Å². The predicted octanol–water partition coefficient (Wildman–Crippen LogP) is 5.74. The number of nitrogens with one attached hydrogen (secondary N) is 1. The predicted molar refractivity (Wildman–Crippen MR) is 132 cm³/mol. The van der Waals surface area contributed by atoms with Gasteiger partial charge >= 0.3 is 0 Å². The van der Waals surface area contributed by atoms with Crippen molar-refractivity contribution in [1.82, 2.24) is 15.1 Å². The van der Waals surface area contributed by atoms with E-state index in [-0.39, 0.29) is 5.91 Å². The van der Waals surface area contributed by atoms with Gasteiger partial charge in [-0.25, -0.2) is 4.68 Å². The van der Waals surface area contributed by atoms with Gasteiger partial charge in [0.1, 0.15) is 5.69 Å². The number of aromatic nitrogens is 2. The SMILES string of the molecule is Cc1ccccc1-c1nn(-c2ccccc2)cc1/C=C1\SC(=NC2CCCCC2)NC1=O. The highest BCUT2D eigenvalue weighted by Gasteiger charge is 2.26. The Hall–Kier alpha value is -3.12. The van der Waals surface area contributed by atoms with Crippen LogP contribution in [0.5, 0.6) is 0 Å². The molecule has 1 aliphatic heterocycles. The van der Waals surface area contributed by atoms with Crippen molar-refractivity contribution in [2.24, 2.45) is 4.99 Å². The first-order chi connectivity index (χ1) is 15.7. The Morgan fingerprint density at radius 1 is 1.06 bits per heavy atom. The molecule has 6 heteroatoms. The summed E-state index contributed by atoms with van der Waals surface area (Å²) in [4.78, 5) is 18.2. The van der Waals surface area contributed by atoms with Gasteiger partial charge in [-0.1, -0.05) is 61.7 Å². The molecule has 1 saturated carbocycles. The number of carbonyl (C=O) groups excluding carboxylic acids is 1. The third kappa shape index (κ3) is 4.41. The summed E-state index contributed by atoms with van der Waals surface area (Å²) < 4.78 is 1.88. The lowest BCUT2D eigenvalue weighted by Gasteiger charge is -2.17. The lowest BCUT2D eigenvalue weighted by Crippen LogP contribution is -2.22. The first-order valence-electron chi connectivity index (χ1n) is 11.2. The summed E-state index contributed by atoms with van der Waals surface area (Å²) in [5.74, 6) is -0.0900. The molecule has 1 aliphatic carbocycles. The topological polar surface area (TPSA) is 59.3 Å². The molecule has 0 spiro atoms. The molecule has 162 valence electrons. The lowest BCUT2D eigenvalue weighted by molar-refractivity contribution is -0.115. The molecular formula is C26H26N4OS. The van der Waals surface area contributed by atoms with Gasteiger partial charge in [-0.3, -0.25) is 9.79 Å². The molecular weight excluding hydrogens is 416 g/mol. The summed E-state index contributed by atoms with van der Waals surface area (Å²) in [7, 11) is 0. The number of nitrogens with zero attached hydrogens (tertiary/aromatic N) is 3. The number of carbonyl (C=O) groups is 1. The summed E-state index contributed by atoms with van der Waals surface area (Å²) in [5, 5.41) is 8.57. The monoisotopic (exact) mass is 442 g/mol. The van der Waals surface area contributed by atoms with E-state index in [9.17, 15) is 4.79 Å². The Bertz CT molecular complexity index is 1190. The fourth-order valence-corrected chi connectivity index (χ4v) is 5.14. The molecule has 5 nitrogen and oxygen atoms in total. The molecule has 2 heterocycles. The molecule has 2 fully saturated rings. The molecule has 1 aromatic heterocycles. The minimum Gasteiger partial charge on any atom is -0.301 e. The van der Waals surface area contributed by atoms with Gasteiger partial charge in [-0.15, -0.1) is 0 Å². The van der Waals surface area contributed by atoms with Crippen LogP contribution in [0.3, 0.4) is 0 Å². The maximum Gasteiger partial charge on any atom is 0.264 e. The van der Waals surface area contributed by atoms with Crippen molar-refractivity contribution in [2.75, 3.05) is 0 Å². The highest BCUT2D eigenvalue weighted by Crippen LogP contribution is 2.33. The Labute approximate surface area is 192 Å². The maximum absolute atomic E-state index is 12.7. The van der Waals surface area contributed by atoms with Crippen LogP contribution in [0, 0.1) is 6.92 Å². The standard InChI is InChI=1S/C26H26N4OS/c1-18-10-8-9-15-22(18)24-19(17-30(29-24)21-13-6-3-7-14-21)16-23-25(31)28-26(32-23)27-20-11-4-2-5-12-20/h3,6-10,13-17,20H,2,4-5,11-12H2,1H3,(H,27,28,31)/b23-16-. The van der Waals surface area contributed by atoms with Crippen LogP contribution in [0.2, 0.25) is 0 Å². The number of thioether (sulfide) groups is 1. The zero-order valence-corrected chi connectivity index (χ0v) is 18.9. The highest BCUT2D eigenvalue weighted by molar-refractivity contribution is 8.18. The van der Waals surface area contributed by atoms with Crippen LogP contribution >= 0.6 is 11.8 Å². The second kappa shape index (κ2) is 9.17. The van der Waals surface area contributed by atoms with Gasteiger partial charge in [0.15, 0.2) is 5.17 Å². The Kier molecular flexibility index (Phi) is 5.95. The summed E-state index contributed by atoms with van der Waals surface area (Å²) in [6.45, 7) is 2.08. The van der Waals surface area contributed by atoms with Crippen molar-refractivity contribution < 1.29 is 4.79 Å². The van der Waals surface area contributed by atoms with E-state index in [2.05, 4.69) is 24.4 Å². The van der Waals surface area contributed by atoms with E-state index >= 15 is 0 Å². The normalized spacial score (nSPS) is 19.6. The minimum absolute atomic E-state index is 0.0900. The van der Waals surface area contributed by atoms with Crippen molar-refractivity contribution in [2.45, 2.75) is 45.1 Å². The van der Waals surface area contributed by atoms with E-state index in [4.69, 9.17) is 10.1 Å². The number of benzene rings is 2. The van der Waals surface area contributed by atoms with E-state index in [0.29, 0.717) is 10.9 Å². The number of hydrogen-bond acceptors (Lipinski definition) is 4. The summed E-state index contributed by atoms with van der Waals surface area (Å²) in [6.07, 6.45) is 9.90. The highest BCUT2D eigenvalue weighted by atomic mass is 32.2. The van der Waals surface area contributed by atoms with Crippen molar-refractivity contribution in [3.63, 3.8) is 0 Å². The van der Waals surface area contributed by atoms with Crippen LogP contribution in [0.15, 0.2) is 70.7 Å². The van der Waals surface area contributed by atoms with Gasteiger partial charge in [0.05, 0.1) is 16.6 Å². The van der Waals surface area contributed by atoms with Crippen molar-refractivity contribution in [1.29, 1.82) is 0 Å². The summed E-state index contributed by atoms with van der Waals surface area (Å²) in [6, 6.07) is 18.6. The largest absolute Gasteiger partial charge is 0.301 e. The first kappa shape index (κ1) is 20.8. The molecule has 2 aliphatic rings. The first-order valence-corrected chi connectivity index (χ1v) is 12.0. The smallest absolute Gasteiger partial charge is 0.264 e. The summed E-state index contributed by atoms with van der Waals surface area (Å²) in [5.41, 5.74) is 4.97. The zero-order valence-electron chi connectivity index (χ0n) is 18.1. The van der Waals surface area contributed by atoms with Gasteiger partial charge in [0, 0.05) is 17.3 Å². The minimum atomic E-state index is -0.0900. The fraction of sp³-hybridized carbons (Fsp3) is 0.269. The molecule has 1 saturated heterocycles. The van der Waals surface area contributed by atoms with Gasteiger partial charge < -0.3 is 5.32 Å². The molecule has 5 rings (SSSR count). The Balaban J connectivity index is 1.51. The molecule has 0 radical (unpaired) electrons. The Morgan fingerprint density at radius 3 is 2.59 bits per heavy atom. The van der Waals surface area contributed by atoms with Crippen molar-refractivity contribution in [3.8, 4) is 16.9 Å². The second-order valence-corrected chi connectivity index (χ2v) is 9.35. The summed E-state index contributed by atoms with van der Waals surface area (Å²) >= 11 is 1.43. The van der Waals surface area contributed by atoms with Crippen molar-refractivity contribution in [3.05, 3.63) is 76.8 Å². The number of amidine groups is 1. The molecule has 1 N–H and O–H groups in total. The van der Waals surface area contributed by atoms with Crippen LogP contribution in [0.1, 0.15) is 43.2 Å².